The Morgan fingerprint density at radius 2 is 1.86 bits per heavy atom. The standard InChI is InChI=1S/C21H17ClN4O2/c22-18-5-6-20(26-7-9-28-10-8-26)19(12-18)25-21(27)17(14-24)11-15-1-3-16(13-23)4-2-15/h1-6,11-12H,7-10H2,(H,25,27)/b17-11+. The molecule has 1 aliphatic heterocycles. The molecule has 0 aliphatic carbocycles. The number of nitriles is 2. The molecule has 3 rings (SSSR count). The van der Waals surface area contributed by atoms with Crippen LogP contribution in [0.2, 0.25) is 5.02 Å². The molecule has 1 fully saturated rings. The van der Waals surface area contributed by atoms with E-state index in [4.69, 9.17) is 21.6 Å². The van der Waals surface area contributed by atoms with E-state index < -0.39 is 5.91 Å². The SMILES string of the molecule is N#C/C(=C\c1ccc(C#N)cc1)C(=O)Nc1cc(Cl)ccc1N1CCOCC1. The number of carbonyl (C=O) groups excluding carboxylic acids is 1. The number of benzene rings is 2. The van der Waals surface area contributed by atoms with E-state index in [2.05, 4.69) is 10.2 Å². The van der Waals surface area contributed by atoms with E-state index in [1.54, 1.807) is 36.4 Å². The van der Waals surface area contributed by atoms with Crippen LogP contribution in [-0.4, -0.2) is 32.2 Å². The number of carbonyl (C=O) groups is 1. The molecule has 7 heteroatoms. The topological polar surface area (TPSA) is 89.2 Å². The van der Waals surface area contributed by atoms with Crippen molar-refractivity contribution >= 4 is 35.0 Å². The normalized spacial score (nSPS) is 14.1. The van der Waals surface area contributed by atoms with Crippen LogP contribution >= 0.6 is 11.6 Å². The van der Waals surface area contributed by atoms with Gasteiger partial charge in [0.15, 0.2) is 0 Å². The zero-order chi connectivity index (χ0) is 19.9. The van der Waals surface area contributed by atoms with Gasteiger partial charge in [0, 0.05) is 18.1 Å². The van der Waals surface area contributed by atoms with Crippen LogP contribution in [0.4, 0.5) is 11.4 Å². The van der Waals surface area contributed by atoms with Crippen molar-refractivity contribution in [2.24, 2.45) is 0 Å². The lowest BCUT2D eigenvalue weighted by molar-refractivity contribution is -0.112. The van der Waals surface area contributed by atoms with Crippen LogP contribution in [0.15, 0.2) is 48.0 Å². The third-order valence-corrected chi connectivity index (χ3v) is 4.51. The van der Waals surface area contributed by atoms with Gasteiger partial charge in [-0.1, -0.05) is 23.7 Å². The minimum atomic E-state index is -0.524. The molecule has 2 aromatic rings. The van der Waals surface area contributed by atoms with Gasteiger partial charge in [-0.25, -0.2) is 0 Å². The number of amides is 1. The minimum absolute atomic E-state index is 0.0439. The van der Waals surface area contributed by atoms with Crippen LogP contribution in [-0.2, 0) is 9.53 Å². The van der Waals surface area contributed by atoms with E-state index >= 15 is 0 Å². The van der Waals surface area contributed by atoms with Gasteiger partial charge >= 0.3 is 0 Å². The molecular weight excluding hydrogens is 376 g/mol. The minimum Gasteiger partial charge on any atom is -0.378 e. The molecule has 1 saturated heterocycles. The number of nitrogens with zero attached hydrogens (tertiary/aromatic N) is 3. The van der Waals surface area contributed by atoms with Gasteiger partial charge in [0.05, 0.1) is 36.2 Å². The molecule has 0 aromatic heterocycles. The van der Waals surface area contributed by atoms with Crippen LogP contribution in [0.1, 0.15) is 11.1 Å². The molecule has 2 aromatic carbocycles. The van der Waals surface area contributed by atoms with Gasteiger partial charge in [-0.2, -0.15) is 10.5 Å². The summed E-state index contributed by atoms with van der Waals surface area (Å²) >= 11 is 6.11. The van der Waals surface area contributed by atoms with E-state index in [0.29, 0.717) is 48.1 Å². The van der Waals surface area contributed by atoms with Crippen LogP contribution in [0.5, 0.6) is 0 Å². The summed E-state index contributed by atoms with van der Waals surface area (Å²) < 4.78 is 5.38. The maximum absolute atomic E-state index is 12.7. The van der Waals surface area contributed by atoms with E-state index in [0.717, 1.165) is 5.69 Å². The number of morpholine rings is 1. The molecule has 0 radical (unpaired) electrons. The highest BCUT2D eigenvalue weighted by atomic mass is 35.5. The molecule has 0 bridgehead atoms. The largest absolute Gasteiger partial charge is 0.378 e. The third-order valence-electron chi connectivity index (χ3n) is 4.27. The zero-order valence-electron chi connectivity index (χ0n) is 15.0. The monoisotopic (exact) mass is 392 g/mol. The number of rotatable bonds is 4. The quantitative estimate of drug-likeness (QED) is 0.634. The Labute approximate surface area is 168 Å². The lowest BCUT2D eigenvalue weighted by Crippen LogP contribution is -2.36. The van der Waals surface area contributed by atoms with Crippen LogP contribution in [0, 0.1) is 22.7 Å². The van der Waals surface area contributed by atoms with Gasteiger partial charge in [-0.15, -0.1) is 0 Å². The van der Waals surface area contributed by atoms with Crippen molar-refractivity contribution in [3.63, 3.8) is 0 Å². The van der Waals surface area contributed by atoms with E-state index in [1.807, 2.05) is 18.2 Å². The summed E-state index contributed by atoms with van der Waals surface area (Å²) in [5.41, 5.74) is 2.49. The Kier molecular flexibility index (Phi) is 6.29. The second-order valence-electron chi connectivity index (χ2n) is 6.12. The lowest BCUT2D eigenvalue weighted by atomic mass is 10.1. The Morgan fingerprint density at radius 1 is 1.14 bits per heavy atom. The van der Waals surface area contributed by atoms with Crippen LogP contribution in [0.25, 0.3) is 6.08 Å². The molecule has 140 valence electrons. The molecule has 1 amide bonds. The van der Waals surface area contributed by atoms with E-state index in [9.17, 15) is 10.1 Å². The lowest BCUT2D eigenvalue weighted by Gasteiger charge is -2.30. The average Bonchev–Trinajstić information content (AvgIpc) is 2.73. The number of nitrogens with one attached hydrogen (secondary N) is 1. The smallest absolute Gasteiger partial charge is 0.266 e. The first-order valence-corrected chi connectivity index (χ1v) is 9.04. The Balaban J connectivity index is 1.84. The van der Waals surface area contributed by atoms with Gasteiger partial charge in [0.25, 0.3) is 5.91 Å². The van der Waals surface area contributed by atoms with Crippen molar-refractivity contribution in [3.8, 4) is 12.1 Å². The average molecular weight is 393 g/mol. The van der Waals surface area contributed by atoms with Crippen molar-refractivity contribution in [1.29, 1.82) is 10.5 Å². The third kappa shape index (κ3) is 4.69. The highest BCUT2D eigenvalue weighted by Gasteiger charge is 2.18. The number of hydrogen-bond acceptors (Lipinski definition) is 5. The molecule has 0 spiro atoms. The van der Waals surface area contributed by atoms with E-state index in [1.165, 1.54) is 6.08 Å². The van der Waals surface area contributed by atoms with Gasteiger partial charge < -0.3 is 15.0 Å². The summed E-state index contributed by atoms with van der Waals surface area (Å²) in [6.07, 6.45) is 1.48. The predicted molar refractivity (Wildman–Crippen MR) is 108 cm³/mol. The molecular formula is C21H17ClN4O2. The van der Waals surface area contributed by atoms with Gasteiger partial charge in [-0.3, -0.25) is 4.79 Å². The maximum atomic E-state index is 12.7. The number of anilines is 2. The van der Waals surface area contributed by atoms with E-state index in [-0.39, 0.29) is 5.57 Å². The first-order valence-electron chi connectivity index (χ1n) is 8.66. The van der Waals surface area contributed by atoms with Crippen molar-refractivity contribution in [1.82, 2.24) is 0 Å². The summed E-state index contributed by atoms with van der Waals surface area (Å²) in [4.78, 5) is 14.8. The Bertz CT molecular complexity index is 981. The maximum Gasteiger partial charge on any atom is 0.266 e. The molecule has 0 atom stereocenters. The molecule has 0 saturated carbocycles. The first-order chi connectivity index (χ1) is 13.6. The fraction of sp³-hybridized carbons (Fsp3) is 0.190. The summed E-state index contributed by atoms with van der Waals surface area (Å²) in [5, 5.41) is 21.6. The van der Waals surface area contributed by atoms with Crippen molar-refractivity contribution in [2.45, 2.75) is 0 Å². The molecule has 6 nitrogen and oxygen atoms in total. The highest BCUT2D eigenvalue weighted by molar-refractivity contribution is 6.31. The molecule has 1 heterocycles. The van der Waals surface area contributed by atoms with Crippen LogP contribution in [0.3, 0.4) is 0 Å². The fourth-order valence-electron chi connectivity index (χ4n) is 2.85. The first kappa shape index (κ1) is 19.4. The Morgan fingerprint density at radius 3 is 2.50 bits per heavy atom. The van der Waals surface area contributed by atoms with Crippen molar-refractivity contribution in [3.05, 3.63) is 64.2 Å². The van der Waals surface area contributed by atoms with Crippen LogP contribution < -0.4 is 10.2 Å². The second-order valence-corrected chi connectivity index (χ2v) is 6.56. The Hall–Kier alpha value is -3.32. The fourth-order valence-corrected chi connectivity index (χ4v) is 3.02. The summed E-state index contributed by atoms with van der Waals surface area (Å²) in [6, 6.07) is 15.9. The van der Waals surface area contributed by atoms with Gasteiger partial charge in [0.1, 0.15) is 11.6 Å². The van der Waals surface area contributed by atoms with Crippen molar-refractivity contribution in [2.75, 3.05) is 36.5 Å². The van der Waals surface area contributed by atoms with Gasteiger partial charge in [-0.05, 0) is 42.0 Å². The molecule has 0 unspecified atom stereocenters. The molecule has 28 heavy (non-hydrogen) atoms. The zero-order valence-corrected chi connectivity index (χ0v) is 15.7. The summed E-state index contributed by atoms with van der Waals surface area (Å²) in [7, 11) is 0. The van der Waals surface area contributed by atoms with Crippen molar-refractivity contribution < 1.29 is 9.53 Å². The number of halogens is 1. The van der Waals surface area contributed by atoms with Gasteiger partial charge in [0.2, 0.25) is 0 Å². The highest BCUT2D eigenvalue weighted by Crippen LogP contribution is 2.30. The summed E-state index contributed by atoms with van der Waals surface area (Å²) in [5.74, 6) is -0.524. The number of ether oxygens (including phenoxy) is 1. The second kappa shape index (κ2) is 9.05. The number of hydrogen-bond donors (Lipinski definition) is 1. The molecule has 1 aliphatic rings. The molecule has 1 N–H and O–H groups in total. The predicted octanol–water partition coefficient (Wildman–Crippen LogP) is 3.59. The summed E-state index contributed by atoms with van der Waals surface area (Å²) in [6.45, 7) is 2.63.